The predicted octanol–water partition coefficient (Wildman–Crippen LogP) is 4.41. The van der Waals surface area contributed by atoms with Crippen LogP contribution >= 0.6 is 0 Å². The molecule has 0 unspecified atom stereocenters. The molecule has 0 heterocycles. The highest BCUT2D eigenvalue weighted by Crippen LogP contribution is 2.37. The van der Waals surface area contributed by atoms with Gasteiger partial charge in [-0.15, -0.1) is 0 Å². The van der Waals surface area contributed by atoms with Crippen molar-refractivity contribution in [3.8, 4) is 16.9 Å². The molecule has 124 valence electrons. The first-order chi connectivity index (χ1) is 12.2. The Morgan fingerprint density at radius 2 is 1.72 bits per heavy atom. The Morgan fingerprint density at radius 3 is 2.56 bits per heavy atom. The van der Waals surface area contributed by atoms with Crippen molar-refractivity contribution in [2.45, 2.75) is 6.42 Å². The fourth-order valence-corrected chi connectivity index (χ4v) is 3.08. The Labute approximate surface area is 145 Å². The van der Waals surface area contributed by atoms with Gasteiger partial charge in [0, 0.05) is 5.69 Å². The lowest BCUT2D eigenvalue weighted by molar-refractivity contribution is -0.118. The Bertz CT molecular complexity index is 935. The molecular formula is C21H16FNO2. The fraction of sp³-hybridized carbons (Fsp3) is 0.0952. The van der Waals surface area contributed by atoms with E-state index in [4.69, 9.17) is 4.74 Å². The van der Waals surface area contributed by atoms with Crippen LogP contribution < -0.4 is 10.1 Å². The molecule has 1 aliphatic carbocycles. The van der Waals surface area contributed by atoms with Crippen molar-refractivity contribution in [2.24, 2.45) is 0 Å². The largest absolute Gasteiger partial charge is 0.484 e. The summed E-state index contributed by atoms with van der Waals surface area (Å²) in [6.07, 6.45) is 0.924. The van der Waals surface area contributed by atoms with E-state index >= 15 is 0 Å². The Balaban J connectivity index is 1.43. The maximum absolute atomic E-state index is 12.9. The Morgan fingerprint density at radius 1 is 0.960 bits per heavy atom. The minimum absolute atomic E-state index is 0.126. The Kier molecular flexibility index (Phi) is 3.94. The van der Waals surface area contributed by atoms with E-state index in [2.05, 4.69) is 17.4 Å². The van der Waals surface area contributed by atoms with E-state index in [1.807, 2.05) is 30.3 Å². The van der Waals surface area contributed by atoms with E-state index in [0.29, 0.717) is 5.75 Å². The number of rotatable bonds is 4. The van der Waals surface area contributed by atoms with Crippen LogP contribution in [0.3, 0.4) is 0 Å². The van der Waals surface area contributed by atoms with Crippen molar-refractivity contribution in [3.05, 3.63) is 83.7 Å². The second-order valence-corrected chi connectivity index (χ2v) is 6.00. The summed E-state index contributed by atoms with van der Waals surface area (Å²) < 4.78 is 18.2. The molecule has 25 heavy (non-hydrogen) atoms. The average molecular weight is 333 g/mol. The molecule has 0 aliphatic heterocycles. The second kappa shape index (κ2) is 6.40. The van der Waals surface area contributed by atoms with E-state index in [1.165, 1.54) is 41.0 Å². The molecule has 3 aromatic carbocycles. The number of carbonyl (C=O) groups excluding carboxylic acids is 1. The minimum Gasteiger partial charge on any atom is -0.484 e. The first-order valence-electron chi connectivity index (χ1n) is 8.08. The summed E-state index contributed by atoms with van der Waals surface area (Å²) in [5.41, 5.74) is 5.69. The molecule has 4 heteroatoms. The monoisotopic (exact) mass is 333 g/mol. The molecule has 3 aromatic rings. The zero-order chi connectivity index (χ0) is 17.2. The first kappa shape index (κ1) is 15.4. The zero-order valence-electron chi connectivity index (χ0n) is 13.5. The van der Waals surface area contributed by atoms with Crippen LogP contribution in [-0.4, -0.2) is 12.5 Å². The fourth-order valence-electron chi connectivity index (χ4n) is 3.08. The summed E-state index contributed by atoms with van der Waals surface area (Å²) in [4.78, 5) is 12.1. The van der Waals surface area contributed by atoms with Gasteiger partial charge in [-0.05, 0) is 65.1 Å². The van der Waals surface area contributed by atoms with Gasteiger partial charge in [0.05, 0.1) is 0 Å². The number of fused-ring (bicyclic) bond motifs is 3. The number of nitrogens with one attached hydrogen (secondary N) is 1. The summed E-state index contributed by atoms with van der Waals surface area (Å²) in [5.74, 6) is -0.134. The summed E-state index contributed by atoms with van der Waals surface area (Å²) in [7, 11) is 0. The van der Waals surface area contributed by atoms with E-state index in [9.17, 15) is 9.18 Å². The summed E-state index contributed by atoms with van der Waals surface area (Å²) >= 11 is 0. The first-order valence-corrected chi connectivity index (χ1v) is 8.08. The van der Waals surface area contributed by atoms with Crippen LogP contribution in [-0.2, 0) is 11.2 Å². The van der Waals surface area contributed by atoms with Gasteiger partial charge in [-0.2, -0.15) is 0 Å². The van der Waals surface area contributed by atoms with Gasteiger partial charge in [-0.3, -0.25) is 4.79 Å². The topological polar surface area (TPSA) is 38.3 Å². The smallest absolute Gasteiger partial charge is 0.262 e. The number of hydrogen-bond donors (Lipinski definition) is 1. The number of hydrogen-bond acceptors (Lipinski definition) is 2. The maximum Gasteiger partial charge on any atom is 0.262 e. The number of halogens is 1. The van der Waals surface area contributed by atoms with E-state index in [1.54, 1.807) is 0 Å². The molecule has 0 saturated carbocycles. The molecule has 4 rings (SSSR count). The van der Waals surface area contributed by atoms with Gasteiger partial charge in [0.1, 0.15) is 11.6 Å². The minimum atomic E-state index is -0.338. The van der Waals surface area contributed by atoms with Gasteiger partial charge >= 0.3 is 0 Å². The standard InChI is InChI=1S/C21H16FNO2/c22-16-6-9-18(10-7-16)25-13-21(24)23-17-8-5-15-11-14-3-1-2-4-19(14)20(15)12-17/h1-10,12H,11,13H2,(H,23,24). The number of carbonyl (C=O) groups is 1. The molecule has 1 N–H and O–H groups in total. The van der Waals surface area contributed by atoms with Gasteiger partial charge < -0.3 is 10.1 Å². The van der Waals surface area contributed by atoms with Crippen LogP contribution in [0.1, 0.15) is 11.1 Å². The van der Waals surface area contributed by atoms with Crippen molar-refractivity contribution in [2.75, 3.05) is 11.9 Å². The van der Waals surface area contributed by atoms with Crippen LogP contribution in [0, 0.1) is 5.82 Å². The molecule has 0 fully saturated rings. The zero-order valence-corrected chi connectivity index (χ0v) is 13.5. The van der Waals surface area contributed by atoms with E-state index in [-0.39, 0.29) is 18.3 Å². The van der Waals surface area contributed by atoms with Gasteiger partial charge in [0.25, 0.3) is 5.91 Å². The maximum atomic E-state index is 12.9. The number of ether oxygens (including phenoxy) is 1. The average Bonchev–Trinajstić information content (AvgIpc) is 2.99. The van der Waals surface area contributed by atoms with Gasteiger partial charge in [0.15, 0.2) is 6.61 Å². The van der Waals surface area contributed by atoms with Crippen molar-refractivity contribution >= 4 is 11.6 Å². The van der Waals surface area contributed by atoms with Crippen LogP contribution in [0.25, 0.3) is 11.1 Å². The SMILES string of the molecule is O=C(COc1ccc(F)cc1)Nc1ccc2c(c1)-c1ccccc1C2. The van der Waals surface area contributed by atoms with Gasteiger partial charge in [-0.1, -0.05) is 30.3 Å². The summed E-state index contributed by atoms with van der Waals surface area (Å²) in [6.45, 7) is -0.126. The molecule has 0 saturated heterocycles. The molecule has 1 amide bonds. The highest BCUT2D eigenvalue weighted by Gasteiger charge is 2.18. The highest BCUT2D eigenvalue weighted by atomic mass is 19.1. The van der Waals surface area contributed by atoms with Crippen LogP contribution in [0.15, 0.2) is 66.7 Å². The number of amides is 1. The van der Waals surface area contributed by atoms with Crippen molar-refractivity contribution < 1.29 is 13.9 Å². The molecule has 1 aliphatic rings. The van der Waals surface area contributed by atoms with Crippen molar-refractivity contribution in [1.82, 2.24) is 0 Å². The van der Waals surface area contributed by atoms with Crippen molar-refractivity contribution in [1.29, 1.82) is 0 Å². The third-order valence-electron chi connectivity index (χ3n) is 4.27. The molecule has 0 spiro atoms. The van der Waals surface area contributed by atoms with Crippen molar-refractivity contribution in [3.63, 3.8) is 0 Å². The van der Waals surface area contributed by atoms with E-state index in [0.717, 1.165) is 17.7 Å². The molecule has 0 aromatic heterocycles. The normalized spacial score (nSPS) is 11.6. The molecular weight excluding hydrogens is 317 g/mol. The quantitative estimate of drug-likeness (QED) is 0.600. The van der Waals surface area contributed by atoms with Crippen LogP contribution in [0.2, 0.25) is 0 Å². The van der Waals surface area contributed by atoms with E-state index < -0.39 is 0 Å². The lowest BCUT2D eigenvalue weighted by Crippen LogP contribution is -2.20. The number of anilines is 1. The lowest BCUT2D eigenvalue weighted by atomic mass is 10.1. The van der Waals surface area contributed by atoms with Crippen LogP contribution in [0.4, 0.5) is 10.1 Å². The summed E-state index contributed by atoms with van der Waals surface area (Å²) in [5, 5.41) is 2.85. The second-order valence-electron chi connectivity index (χ2n) is 6.00. The van der Waals surface area contributed by atoms with Gasteiger partial charge in [-0.25, -0.2) is 4.39 Å². The lowest BCUT2D eigenvalue weighted by Gasteiger charge is -2.09. The molecule has 3 nitrogen and oxygen atoms in total. The summed E-state index contributed by atoms with van der Waals surface area (Å²) in [6, 6.07) is 19.8. The highest BCUT2D eigenvalue weighted by molar-refractivity contribution is 5.93. The third-order valence-corrected chi connectivity index (χ3v) is 4.27. The predicted molar refractivity (Wildman–Crippen MR) is 95.2 cm³/mol. The van der Waals surface area contributed by atoms with Gasteiger partial charge in [0.2, 0.25) is 0 Å². The Hall–Kier alpha value is -3.14. The molecule has 0 bridgehead atoms. The van der Waals surface area contributed by atoms with Crippen LogP contribution in [0.5, 0.6) is 5.75 Å². The molecule has 0 radical (unpaired) electrons. The number of benzene rings is 3. The molecule has 0 atom stereocenters. The third kappa shape index (κ3) is 3.24.